The highest BCUT2D eigenvalue weighted by Gasteiger charge is 2.45. The molecule has 0 N–H and O–H groups in total. The van der Waals surface area contributed by atoms with Gasteiger partial charge in [0.2, 0.25) is 5.91 Å². The van der Waals surface area contributed by atoms with Crippen LogP contribution < -0.4 is 9.64 Å². The Hall–Kier alpha value is -2.49. The van der Waals surface area contributed by atoms with Crippen LogP contribution in [-0.4, -0.2) is 42.6 Å². The number of anilines is 1. The molecular formula is C26H34N2O2. The molecule has 2 aliphatic heterocycles. The molecule has 2 aromatic carbocycles. The van der Waals surface area contributed by atoms with Crippen molar-refractivity contribution in [2.24, 2.45) is 0 Å². The van der Waals surface area contributed by atoms with E-state index in [-0.39, 0.29) is 17.4 Å². The van der Waals surface area contributed by atoms with Crippen molar-refractivity contribution in [3.63, 3.8) is 0 Å². The maximum Gasteiger partial charge on any atom is 0.219 e. The molecule has 0 bridgehead atoms. The third kappa shape index (κ3) is 3.27. The van der Waals surface area contributed by atoms with E-state index in [0.717, 1.165) is 31.9 Å². The lowest BCUT2D eigenvalue weighted by atomic mass is 9.78. The lowest BCUT2D eigenvalue weighted by Gasteiger charge is -2.38. The van der Waals surface area contributed by atoms with Gasteiger partial charge in [0.05, 0.1) is 5.92 Å². The van der Waals surface area contributed by atoms with Crippen molar-refractivity contribution in [2.75, 3.05) is 31.1 Å². The number of benzene rings is 2. The van der Waals surface area contributed by atoms with Crippen molar-refractivity contribution < 1.29 is 9.53 Å². The second kappa shape index (κ2) is 7.33. The first kappa shape index (κ1) is 20.8. The normalized spacial score (nSPS) is 20.2. The lowest BCUT2D eigenvalue weighted by molar-refractivity contribution is -0.129. The van der Waals surface area contributed by atoms with E-state index in [1.54, 1.807) is 6.92 Å². The summed E-state index contributed by atoms with van der Waals surface area (Å²) in [6, 6.07) is 8.89. The number of piperazine rings is 1. The summed E-state index contributed by atoms with van der Waals surface area (Å²) in [4.78, 5) is 16.2. The van der Waals surface area contributed by atoms with E-state index in [9.17, 15) is 4.79 Å². The fourth-order valence-corrected chi connectivity index (χ4v) is 5.32. The van der Waals surface area contributed by atoms with Crippen molar-refractivity contribution in [1.82, 2.24) is 4.90 Å². The molecule has 30 heavy (non-hydrogen) atoms. The minimum absolute atomic E-state index is 0.169. The van der Waals surface area contributed by atoms with Gasteiger partial charge in [-0.1, -0.05) is 29.8 Å². The molecule has 1 amide bonds. The van der Waals surface area contributed by atoms with Crippen LogP contribution in [0.1, 0.15) is 60.1 Å². The van der Waals surface area contributed by atoms with Crippen LogP contribution in [0.3, 0.4) is 0 Å². The topological polar surface area (TPSA) is 32.8 Å². The molecule has 4 heteroatoms. The zero-order chi connectivity index (χ0) is 21.8. The van der Waals surface area contributed by atoms with Crippen LogP contribution in [0.2, 0.25) is 0 Å². The number of rotatable bonds is 2. The second-order valence-corrected chi connectivity index (χ2v) is 9.51. The van der Waals surface area contributed by atoms with Crippen LogP contribution >= 0.6 is 0 Å². The van der Waals surface area contributed by atoms with Crippen molar-refractivity contribution in [3.8, 4) is 5.75 Å². The minimum atomic E-state index is -0.300. The number of aryl methyl sites for hydroxylation is 1. The third-order valence-electron chi connectivity index (χ3n) is 7.06. The Labute approximate surface area is 180 Å². The van der Waals surface area contributed by atoms with Crippen LogP contribution in [0.5, 0.6) is 5.75 Å². The van der Waals surface area contributed by atoms with Gasteiger partial charge in [0.25, 0.3) is 0 Å². The Kier molecular flexibility index (Phi) is 5.08. The Bertz CT molecular complexity index is 983. The Morgan fingerprint density at radius 1 is 0.933 bits per heavy atom. The summed E-state index contributed by atoms with van der Waals surface area (Å²) in [7, 11) is 0. The van der Waals surface area contributed by atoms with E-state index < -0.39 is 0 Å². The quantitative estimate of drug-likeness (QED) is 0.712. The van der Waals surface area contributed by atoms with Crippen LogP contribution in [0.4, 0.5) is 5.69 Å². The Morgan fingerprint density at radius 3 is 2.10 bits per heavy atom. The smallest absolute Gasteiger partial charge is 0.219 e. The molecule has 0 radical (unpaired) electrons. The average Bonchev–Trinajstić information content (AvgIpc) is 2.99. The number of carbonyl (C=O) groups excluding carboxylic acids is 1. The molecule has 0 aliphatic carbocycles. The van der Waals surface area contributed by atoms with Crippen molar-refractivity contribution in [3.05, 3.63) is 57.6 Å². The van der Waals surface area contributed by atoms with Gasteiger partial charge in [-0.05, 0) is 63.8 Å². The van der Waals surface area contributed by atoms with Crippen molar-refractivity contribution in [1.29, 1.82) is 0 Å². The second-order valence-electron chi connectivity index (χ2n) is 9.51. The molecule has 1 unspecified atom stereocenters. The first-order valence-electron chi connectivity index (χ1n) is 11.0. The first-order chi connectivity index (χ1) is 14.1. The molecule has 0 aromatic heterocycles. The number of amides is 1. The first-order valence-corrected chi connectivity index (χ1v) is 11.0. The number of hydrogen-bond acceptors (Lipinski definition) is 3. The molecule has 4 rings (SSSR count). The molecule has 160 valence electrons. The minimum Gasteiger partial charge on any atom is -0.486 e. The third-order valence-corrected chi connectivity index (χ3v) is 7.06. The number of carbonyl (C=O) groups is 1. The van der Waals surface area contributed by atoms with Gasteiger partial charge in [0.1, 0.15) is 11.4 Å². The van der Waals surface area contributed by atoms with E-state index in [2.05, 4.69) is 70.7 Å². The Balaban J connectivity index is 1.82. The highest BCUT2D eigenvalue weighted by molar-refractivity contribution is 5.75. The molecule has 1 saturated heterocycles. The maximum atomic E-state index is 11.8. The van der Waals surface area contributed by atoms with E-state index in [0.29, 0.717) is 0 Å². The number of nitrogens with zero attached hydrogens (tertiary/aromatic N) is 2. The molecule has 2 aromatic rings. The summed E-state index contributed by atoms with van der Waals surface area (Å²) in [6.07, 6.45) is 0. The molecule has 2 heterocycles. The molecule has 2 aliphatic rings. The molecule has 1 atom stereocenters. The van der Waals surface area contributed by atoms with Gasteiger partial charge in [-0.3, -0.25) is 4.79 Å². The van der Waals surface area contributed by atoms with Crippen molar-refractivity contribution >= 4 is 11.6 Å². The van der Waals surface area contributed by atoms with Crippen LogP contribution in [-0.2, 0) is 4.79 Å². The summed E-state index contributed by atoms with van der Waals surface area (Å²) in [5.74, 6) is 1.43. The van der Waals surface area contributed by atoms with Gasteiger partial charge in [0.15, 0.2) is 0 Å². The monoisotopic (exact) mass is 406 g/mol. The highest BCUT2D eigenvalue weighted by atomic mass is 16.5. The van der Waals surface area contributed by atoms with E-state index in [1.807, 2.05) is 4.90 Å². The predicted molar refractivity (Wildman–Crippen MR) is 123 cm³/mol. The van der Waals surface area contributed by atoms with E-state index in [1.165, 1.54) is 39.1 Å². The lowest BCUT2D eigenvalue weighted by Crippen LogP contribution is -2.48. The molecule has 4 nitrogen and oxygen atoms in total. The van der Waals surface area contributed by atoms with Gasteiger partial charge in [0, 0.05) is 44.4 Å². The summed E-state index contributed by atoms with van der Waals surface area (Å²) in [6.45, 7) is 18.2. The number of hydrogen-bond donors (Lipinski definition) is 0. The highest BCUT2D eigenvalue weighted by Crippen LogP contribution is 2.54. The number of fused-ring (bicyclic) bond motifs is 1. The summed E-state index contributed by atoms with van der Waals surface area (Å²) < 4.78 is 6.60. The van der Waals surface area contributed by atoms with Gasteiger partial charge >= 0.3 is 0 Å². The fraction of sp³-hybridized carbons (Fsp3) is 0.500. The zero-order valence-electron chi connectivity index (χ0n) is 19.4. The van der Waals surface area contributed by atoms with Gasteiger partial charge in [-0.25, -0.2) is 0 Å². The fourth-order valence-electron chi connectivity index (χ4n) is 5.32. The van der Waals surface area contributed by atoms with E-state index >= 15 is 0 Å². The molecule has 0 saturated carbocycles. The molecular weight excluding hydrogens is 372 g/mol. The van der Waals surface area contributed by atoms with Crippen LogP contribution in [0, 0.1) is 27.7 Å². The summed E-state index contributed by atoms with van der Waals surface area (Å²) >= 11 is 0. The summed E-state index contributed by atoms with van der Waals surface area (Å²) in [5.41, 5.74) is 8.79. The summed E-state index contributed by atoms with van der Waals surface area (Å²) in [5, 5.41) is 0. The number of ether oxygens (including phenoxy) is 1. The van der Waals surface area contributed by atoms with Crippen molar-refractivity contribution in [2.45, 2.75) is 60.0 Å². The SMILES string of the molecule is CC(=O)N1CCN(c2c(C)c(C)c3c(c2C)C(c2ccc(C)cc2)C(C)(C)O3)CC1. The van der Waals surface area contributed by atoms with Gasteiger partial charge in [-0.15, -0.1) is 0 Å². The maximum absolute atomic E-state index is 11.8. The van der Waals surface area contributed by atoms with Crippen LogP contribution in [0.15, 0.2) is 24.3 Å². The Morgan fingerprint density at radius 2 is 1.53 bits per heavy atom. The zero-order valence-corrected chi connectivity index (χ0v) is 19.4. The predicted octanol–water partition coefficient (Wildman–Crippen LogP) is 4.89. The average molecular weight is 407 g/mol. The molecule has 1 fully saturated rings. The van der Waals surface area contributed by atoms with Gasteiger partial charge in [-0.2, -0.15) is 0 Å². The van der Waals surface area contributed by atoms with E-state index in [4.69, 9.17) is 4.74 Å². The standard InChI is InChI=1S/C26H34N2O2/c1-16-8-10-21(11-9-16)23-22-19(4)24(28-14-12-27(13-15-28)20(5)29)17(2)18(3)25(22)30-26(23,6)7/h8-11,23H,12-15H2,1-7H3. The van der Waals surface area contributed by atoms with Crippen LogP contribution in [0.25, 0.3) is 0 Å². The molecule has 0 spiro atoms. The van der Waals surface area contributed by atoms with Gasteiger partial charge < -0.3 is 14.5 Å². The largest absolute Gasteiger partial charge is 0.486 e.